The summed E-state index contributed by atoms with van der Waals surface area (Å²) in [6.45, 7) is 14.2. The van der Waals surface area contributed by atoms with Gasteiger partial charge in [-0.1, -0.05) is 417 Å². The third-order valence-electron chi connectivity index (χ3n) is 22.2. The summed E-state index contributed by atoms with van der Waals surface area (Å²) in [6.07, 6.45) is -0.245. The van der Waals surface area contributed by atoms with Gasteiger partial charge in [0.05, 0.1) is 27.8 Å². The molecule has 0 aromatic heterocycles. The van der Waals surface area contributed by atoms with E-state index < -0.39 is 59.2 Å². The smallest absolute Gasteiger partial charge is 0.312 e. The highest BCUT2D eigenvalue weighted by molar-refractivity contribution is 8.02. The Balaban J connectivity index is 0.000000190. The molecule has 0 saturated carbocycles. The van der Waals surface area contributed by atoms with E-state index in [1.807, 2.05) is 288 Å². The van der Waals surface area contributed by atoms with Crippen LogP contribution in [0.1, 0.15) is 136 Å². The second kappa shape index (κ2) is 36.9. The number of carboxylic acids is 1. The fourth-order valence-corrected chi connectivity index (χ4v) is 20.6. The van der Waals surface area contributed by atoms with E-state index in [1.54, 1.807) is 30.4 Å². The summed E-state index contributed by atoms with van der Waals surface area (Å²) >= 11 is 24.2. The molecule has 0 amide bonds. The first-order valence-corrected chi connectivity index (χ1v) is 41.9. The largest absolute Gasteiger partial charge is 0.481 e. The normalized spacial score (nSPS) is 13.6. The average Bonchev–Trinajstić information content (AvgIpc) is 1.05. The Labute approximate surface area is 707 Å². The molecule has 582 valence electrons. The molecule has 14 aromatic carbocycles. The first-order chi connectivity index (χ1) is 56.1. The summed E-state index contributed by atoms with van der Waals surface area (Å²) in [4.78, 5) is 41.8. The van der Waals surface area contributed by atoms with Gasteiger partial charge in [-0.3, -0.25) is 14.4 Å². The molecule has 0 spiro atoms. The summed E-state index contributed by atoms with van der Waals surface area (Å²) in [6, 6.07) is 130. The maximum atomic E-state index is 16.0. The Morgan fingerprint density at radius 2 is 0.664 bits per heavy atom. The number of carbonyl (C=O) groups excluding carboxylic acids is 2. The summed E-state index contributed by atoms with van der Waals surface area (Å²) in [7, 11) is 0. The number of hydrogen-bond donors (Lipinski definition) is 1. The van der Waals surface area contributed by atoms with Crippen LogP contribution in [0.5, 0.6) is 0 Å². The first kappa shape index (κ1) is 83.0. The van der Waals surface area contributed by atoms with Gasteiger partial charge in [-0.05, 0) is 120 Å². The third-order valence-corrected chi connectivity index (χ3v) is 27.2. The van der Waals surface area contributed by atoms with Gasteiger partial charge in [-0.15, -0.1) is 35.1 Å². The highest BCUT2D eigenvalue weighted by atomic mass is 35.5. The molecule has 0 heterocycles. The topological polar surface area (TPSA) is 89.9 Å². The second-order valence-corrected chi connectivity index (χ2v) is 35.5. The lowest BCUT2D eigenvalue weighted by molar-refractivity contribution is -0.164. The zero-order valence-electron chi connectivity index (χ0n) is 66.0. The molecule has 1 aliphatic carbocycles. The summed E-state index contributed by atoms with van der Waals surface area (Å²) in [5.74, 6) is -3.52. The van der Waals surface area contributed by atoms with Crippen molar-refractivity contribution in [2.24, 2.45) is 11.8 Å². The number of carboxylic acid groups (broad SMARTS) is 1. The third kappa shape index (κ3) is 17.6. The van der Waals surface area contributed by atoms with Gasteiger partial charge in [0.25, 0.3) is 0 Å². The predicted molar refractivity (Wildman–Crippen MR) is 481 cm³/mol. The van der Waals surface area contributed by atoms with Crippen LogP contribution in [0, 0.1) is 25.7 Å². The number of fused-ring (bicyclic) bond motifs is 3. The number of alkyl halides is 1. The Hall–Kier alpha value is -10.9. The van der Waals surface area contributed by atoms with Crippen molar-refractivity contribution in [1.82, 2.24) is 0 Å². The zero-order valence-corrected chi connectivity index (χ0v) is 69.9. The van der Waals surface area contributed by atoms with Gasteiger partial charge in [-0.25, -0.2) is 0 Å². The molecular formula is C105H93Cl3O6S2. The number of esters is 2. The van der Waals surface area contributed by atoms with E-state index in [2.05, 4.69) is 142 Å². The van der Waals surface area contributed by atoms with Gasteiger partial charge >= 0.3 is 17.9 Å². The van der Waals surface area contributed by atoms with Gasteiger partial charge in [-0.2, -0.15) is 0 Å². The van der Waals surface area contributed by atoms with E-state index >= 15 is 4.79 Å². The minimum Gasteiger partial charge on any atom is -0.481 e. The lowest BCUT2D eigenvalue weighted by Crippen LogP contribution is -2.45. The van der Waals surface area contributed by atoms with Crippen molar-refractivity contribution >= 4 is 76.2 Å². The molecule has 6 nitrogen and oxygen atoms in total. The summed E-state index contributed by atoms with van der Waals surface area (Å²) in [5.41, 5.74) is 16.7. The highest BCUT2D eigenvalue weighted by Gasteiger charge is 2.52. The van der Waals surface area contributed by atoms with Crippen LogP contribution in [0.3, 0.4) is 0 Å². The van der Waals surface area contributed by atoms with Gasteiger partial charge in [0.15, 0.2) is 5.60 Å². The van der Waals surface area contributed by atoms with E-state index in [0.29, 0.717) is 21.2 Å². The predicted octanol–water partition coefficient (Wildman–Crippen LogP) is 26.7. The number of halogens is 3. The fraction of sp³-hybridized carbons (Fsp3) is 0.171. The molecule has 1 aliphatic rings. The van der Waals surface area contributed by atoms with Crippen molar-refractivity contribution in [1.29, 1.82) is 0 Å². The van der Waals surface area contributed by atoms with Crippen LogP contribution in [0.25, 0.3) is 11.1 Å². The van der Waals surface area contributed by atoms with Crippen molar-refractivity contribution in [2.45, 2.75) is 90.3 Å². The number of aliphatic carboxylic acids is 1. The molecular weight excluding hydrogens is 1530 g/mol. The molecule has 1 N–H and O–H groups in total. The summed E-state index contributed by atoms with van der Waals surface area (Å²) in [5, 5.41) is 10.8. The SMILES string of the molecule is C[C@H](C(=O)O)C(C)(C)SC(c1ccccc1)(c1ccccc1)c1ccccc1.Cc1ccc(C(Cl)(c2ccccc2)c2ccccc2Cl)cc1.Cc1ccc(C(OC(=O)C(CC(=O)OCC2c3ccccc3-c3ccccc32)C(C)(C)SC(c2ccccc2)(c2ccccc2)c2ccccc2)(c2ccccc2)c2ccccc2Cl)cc1. The number of carbonyl (C=O) groups is 3. The number of rotatable bonds is 25. The molecule has 0 bridgehead atoms. The molecule has 14 aromatic rings. The molecule has 0 fully saturated rings. The average molecular weight is 1620 g/mol. The van der Waals surface area contributed by atoms with Crippen molar-refractivity contribution in [2.75, 3.05) is 6.61 Å². The maximum Gasteiger partial charge on any atom is 0.312 e. The Bertz CT molecular complexity index is 5350. The molecule has 4 atom stereocenters. The Kier molecular flexibility index (Phi) is 26.4. The minimum atomic E-state index is -1.50. The van der Waals surface area contributed by atoms with E-state index in [9.17, 15) is 14.7 Å². The Morgan fingerprint density at radius 3 is 1.03 bits per heavy atom. The molecule has 0 saturated heterocycles. The van der Waals surface area contributed by atoms with Crippen LogP contribution in [-0.4, -0.2) is 39.1 Å². The van der Waals surface area contributed by atoms with Crippen molar-refractivity contribution in [3.8, 4) is 11.1 Å². The molecule has 116 heavy (non-hydrogen) atoms. The minimum absolute atomic E-state index is 0.126. The zero-order chi connectivity index (χ0) is 81.5. The van der Waals surface area contributed by atoms with Crippen LogP contribution < -0.4 is 0 Å². The highest BCUT2D eigenvalue weighted by Crippen LogP contribution is 2.59. The molecule has 15 rings (SSSR count). The van der Waals surface area contributed by atoms with Gasteiger partial charge in [0.1, 0.15) is 11.5 Å². The molecule has 0 aliphatic heterocycles. The van der Waals surface area contributed by atoms with Crippen molar-refractivity contribution in [3.05, 3.63) is 487 Å². The van der Waals surface area contributed by atoms with E-state index in [1.165, 1.54) is 5.56 Å². The standard InChI is InChI=1S/C60H51ClO4S.C25H26O2S.C20H16Cl2/c1-42-36-38-44(39-37-42)59(43-22-8-4-9-23-43,53-34-20-21-35-55(53)61)65-57(63)54(40-56(62)64-41-52-50-32-18-16-30-48(50)49-31-17-19-33-51(49)52)58(2,3)66-60(45-24-10-5-11-25-45,46-26-12-6-13-27-46)47-28-14-7-15-29-47;1-19(23(26)27)24(2,3)28-25(20-13-7-4-8-14-20,21-15-9-5-10-16-21)22-17-11-6-12-18-22;1-15-11-13-17(14-12-15)20(22,16-7-3-2-4-8-16)18-9-5-6-10-19(18)21/h4-39,52,54H,40-41H2,1-3H3;4-19H,1-3H3,(H,26,27);2-14H,1H3/t;19-;/m.1./s1. The van der Waals surface area contributed by atoms with Crippen LogP contribution in [0.2, 0.25) is 10.0 Å². The maximum absolute atomic E-state index is 16.0. The fourth-order valence-electron chi connectivity index (χ4n) is 15.8. The lowest BCUT2D eigenvalue weighted by Gasteiger charge is -2.45. The number of thioether (sulfide) groups is 2. The first-order valence-electron chi connectivity index (χ1n) is 39.1. The van der Waals surface area contributed by atoms with Crippen molar-refractivity contribution in [3.63, 3.8) is 0 Å². The Morgan fingerprint density at radius 1 is 0.371 bits per heavy atom. The van der Waals surface area contributed by atoms with Crippen LogP contribution in [0.15, 0.2) is 388 Å². The van der Waals surface area contributed by atoms with Gasteiger partial charge in [0, 0.05) is 47.7 Å². The van der Waals surface area contributed by atoms with Crippen LogP contribution in [-0.2, 0) is 43.8 Å². The van der Waals surface area contributed by atoms with Crippen LogP contribution in [0.4, 0.5) is 0 Å². The number of ether oxygens (including phenoxy) is 2. The van der Waals surface area contributed by atoms with Gasteiger partial charge < -0.3 is 14.6 Å². The van der Waals surface area contributed by atoms with Gasteiger partial charge in [0.2, 0.25) is 0 Å². The molecule has 0 radical (unpaired) electrons. The molecule has 11 heteroatoms. The summed E-state index contributed by atoms with van der Waals surface area (Å²) < 4.78 is 10.7. The number of benzene rings is 14. The number of hydrogen-bond acceptors (Lipinski definition) is 7. The van der Waals surface area contributed by atoms with E-state index in [-0.39, 0.29) is 18.9 Å². The monoisotopic (exact) mass is 1620 g/mol. The van der Waals surface area contributed by atoms with Crippen LogP contribution >= 0.6 is 58.3 Å². The van der Waals surface area contributed by atoms with E-state index in [4.69, 9.17) is 44.3 Å². The van der Waals surface area contributed by atoms with E-state index in [0.717, 1.165) is 83.5 Å². The number of aryl methyl sites for hydroxylation is 2. The lowest BCUT2D eigenvalue weighted by atomic mass is 9.79. The second-order valence-electron chi connectivity index (χ2n) is 30.4. The molecule has 3 unspecified atom stereocenters. The quantitative estimate of drug-likeness (QED) is 0.0344. The van der Waals surface area contributed by atoms with Crippen molar-refractivity contribution < 1.29 is 29.0 Å².